The van der Waals surface area contributed by atoms with Crippen molar-refractivity contribution < 1.29 is 41.8 Å². The third-order valence-corrected chi connectivity index (χ3v) is 15.0. The van der Waals surface area contributed by atoms with Crippen LogP contribution in [0.3, 0.4) is 0 Å². The molecule has 4 fully saturated rings. The van der Waals surface area contributed by atoms with E-state index >= 15 is 13.2 Å². The second kappa shape index (κ2) is 19.5. The number of aromatic nitrogens is 3. The minimum absolute atomic E-state index is 0.0618. The molecule has 3 amide bonds. The van der Waals surface area contributed by atoms with Gasteiger partial charge in [0, 0.05) is 105 Å². The van der Waals surface area contributed by atoms with Crippen LogP contribution in [0.15, 0.2) is 35.8 Å². The molecule has 5 aliphatic heterocycles. The van der Waals surface area contributed by atoms with Gasteiger partial charge in [0.2, 0.25) is 0 Å². The van der Waals surface area contributed by atoms with E-state index in [0.717, 1.165) is 25.3 Å². The number of morpholine rings is 1. The first-order chi connectivity index (χ1) is 32.4. The fourth-order valence-corrected chi connectivity index (χ4v) is 11.3. The van der Waals surface area contributed by atoms with Gasteiger partial charge in [0.1, 0.15) is 18.6 Å². The number of hydrazine groups is 1. The molecular weight excluding hydrogens is 902 g/mol. The number of pyridine rings is 1. The number of benzene rings is 1. The van der Waals surface area contributed by atoms with E-state index in [1.807, 2.05) is 52.3 Å². The second-order valence-corrected chi connectivity index (χ2v) is 20.8. The van der Waals surface area contributed by atoms with Crippen molar-refractivity contribution in [1.29, 1.82) is 0 Å². The Balaban J connectivity index is 1.17. The van der Waals surface area contributed by atoms with Gasteiger partial charge >= 0.3 is 18.2 Å². The van der Waals surface area contributed by atoms with Crippen LogP contribution in [-0.2, 0) is 43.2 Å². The number of nitrogens with one attached hydrogen (secondary N) is 2. The molecule has 16 nitrogen and oxygen atoms in total. The van der Waals surface area contributed by atoms with Gasteiger partial charge < -0.3 is 38.8 Å². The largest absolute Gasteiger partial charge is 0.464 e. The maximum absolute atomic E-state index is 15.0. The molecule has 6 bridgehead atoms. The maximum Gasteiger partial charge on any atom is 0.406 e. The molecule has 0 aliphatic carbocycles. The number of thiazole rings is 1. The summed E-state index contributed by atoms with van der Waals surface area (Å²) in [6.45, 7) is 12.9. The van der Waals surface area contributed by atoms with Gasteiger partial charge in [-0.25, -0.2) is 15.2 Å². The fraction of sp³-hybridized carbons (Fsp3) is 0.604. The second-order valence-electron chi connectivity index (χ2n) is 19.9. The fourth-order valence-electron chi connectivity index (χ4n) is 10.4. The highest BCUT2D eigenvalue weighted by Crippen LogP contribution is 2.44. The summed E-state index contributed by atoms with van der Waals surface area (Å²) in [4.78, 5) is 60.8. The number of halogens is 3. The Morgan fingerprint density at radius 2 is 1.93 bits per heavy atom. The van der Waals surface area contributed by atoms with Crippen molar-refractivity contribution in [2.75, 3.05) is 91.2 Å². The molecule has 1 aromatic carbocycles. The van der Waals surface area contributed by atoms with Gasteiger partial charge in [0.25, 0.3) is 5.91 Å². The average molecular weight is 965 g/mol. The number of amides is 3. The van der Waals surface area contributed by atoms with Crippen molar-refractivity contribution in [2.45, 2.75) is 96.4 Å². The van der Waals surface area contributed by atoms with Crippen LogP contribution < -0.4 is 15.6 Å². The highest BCUT2D eigenvalue weighted by molar-refractivity contribution is 7.10. The molecule has 0 radical (unpaired) electrons. The third-order valence-electron chi connectivity index (χ3n) is 14.1. The van der Waals surface area contributed by atoms with Crippen LogP contribution in [0.5, 0.6) is 0 Å². The number of nitrogens with zero attached hydrogens (tertiary/aromatic N) is 8. The lowest BCUT2D eigenvalue weighted by atomic mass is 9.84. The number of esters is 1. The van der Waals surface area contributed by atoms with Gasteiger partial charge in [-0.15, -0.1) is 11.3 Å². The lowest BCUT2D eigenvalue weighted by molar-refractivity contribution is -0.155. The summed E-state index contributed by atoms with van der Waals surface area (Å²) >= 11 is 1.34. The lowest BCUT2D eigenvalue weighted by Gasteiger charge is -2.44. The summed E-state index contributed by atoms with van der Waals surface area (Å²) in [6.07, 6.45) is -2.15. The summed E-state index contributed by atoms with van der Waals surface area (Å²) in [5.41, 5.74) is 6.77. The van der Waals surface area contributed by atoms with Gasteiger partial charge in [-0.05, 0) is 63.9 Å². The Morgan fingerprint density at radius 3 is 2.71 bits per heavy atom. The average Bonchev–Trinajstić information content (AvgIpc) is 3.90. The van der Waals surface area contributed by atoms with Crippen molar-refractivity contribution in [3.05, 3.63) is 52.1 Å². The summed E-state index contributed by atoms with van der Waals surface area (Å²) in [6, 6.07) is 5.22. The summed E-state index contributed by atoms with van der Waals surface area (Å²) < 4.78 is 64.2. The zero-order valence-electron chi connectivity index (χ0n) is 39.7. The summed E-state index contributed by atoms with van der Waals surface area (Å²) in [5.74, 6) is -0.946. The molecule has 0 unspecified atom stereocenters. The van der Waals surface area contributed by atoms with Gasteiger partial charge in [-0.2, -0.15) is 13.2 Å². The van der Waals surface area contributed by atoms with Crippen molar-refractivity contribution in [3.8, 4) is 22.5 Å². The van der Waals surface area contributed by atoms with Crippen molar-refractivity contribution >= 4 is 45.8 Å². The number of fused-ring (bicyclic) bond motifs is 7. The molecule has 20 heteroatoms. The van der Waals surface area contributed by atoms with E-state index < -0.39 is 48.2 Å². The molecule has 2 N–H and O–H groups in total. The molecule has 0 spiro atoms. The highest BCUT2D eigenvalue weighted by Gasteiger charge is 2.39. The minimum atomic E-state index is -4.60. The van der Waals surface area contributed by atoms with Crippen LogP contribution in [0.4, 0.5) is 23.7 Å². The van der Waals surface area contributed by atoms with Crippen molar-refractivity contribution in [3.63, 3.8) is 0 Å². The van der Waals surface area contributed by atoms with E-state index in [4.69, 9.17) is 24.2 Å². The molecule has 5 aliphatic rings. The number of alkyl halides is 3. The summed E-state index contributed by atoms with van der Waals surface area (Å²) in [7, 11) is 3.57. The first-order valence-corrected chi connectivity index (χ1v) is 24.6. The number of hydrogen-bond donors (Lipinski definition) is 2. The SMILES string of the molecule is CO[C@@H](C)c1ncc(N2CCN3CCOC[C@@H]3C2)cc1-c1c2c3cc(ccc3n1CC(F)(F)F)-c1csc(n1)C[C@H](NC(=O)N1CCN(C)C[C@@H]1C)C(=O)N1CCC[C@H](N1)C(=O)OCC(C)(C)C2. The van der Waals surface area contributed by atoms with Crippen molar-refractivity contribution in [2.24, 2.45) is 5.41 Å². The van der Waals surface area contributed by atoms with Gasteiger partial charge in [0.05, 0.1) is 65.9 Å². The number of carbonyl (C=O) groups is 3. The van der Waals surface area contributed by atoms with Crippen molar-refractivity contribution in [1.82, 2.24) is 45.0 Å². The summed E-state index contributed by atoms with van der Waals surface area (Å²) in [5, 5.41) is 7.47. The smallest absolute Gasteiger partial charge is 0.406 e. The lowest BCUT2D eigenvalue weighted by Crippen LogP contribution is -2.62. The van der Waals surface area contributed by atoms with Gasteiger partial charge in [0.15, 0.2) is 0 Å². The molecule has 5 atom stereocenters. The number of urea groups is 1. The van der Waals surface area contributed by atoms with Crippen LogP contribution in [0, 0.1) is 5.41 Å². The normalized spacial score (nSPS) is 24.9. The minimum Gasteiger partial charge on any atom is -0.464 e. The van der Waals surface area contributed by atoms with E-state index in [2.05, 4.69) is 25.4 Å². The van der Waals surface area contributed by atoms with E-state index in [-0.39, 0.29) is 37.6 Å². The van der Waals surface area contributed by atoms with Gasteiger partial charge in [-0.1, -0.05) is 19.9 Å². The molecule has 368 valence electrons. The number of rotatable bonds is 6. The molecule has 8 heterocycles. The molecule has 3 aromatic heterocycles. The standard InChI is InChI=1S/C48H63F3N10O6S/c1-29-23-56(5)12-15-59(29)46(64)54-38-20-41-53-39(26-68-41)31-9-10-40-34(18-31)36(21-47(3,4)28-67-45(63)37-8-7-11-61(55-37)44(38)62)43(60(40)27-48(49,50)51)35-19-32(22-52-42(35)30(2)65-6)58-14-13-57-16-17-66-25-33(57)24-58/h9-10,18-19,22,26,29-30,33,37-38,55H,7-8,11-17,20-21,23-25,27-28H2,1-6H3,(H,54,64)/t29-,30-,33-,37-,38-/m0/s1. The Bertz CT molecular complexity index is 2520. The van der Waals surface area contributed by atoms with E-state index in [9.17, 15) is 14.4 Å². The topological polar surface area (TPSA) is 150 Å². The third kappa shape index (κ3) is 10.2. The number of cyclic esters (lactones) is 1. The highest BCUT2D eigenvalue weighted by atomic mass is 32.1. The van der Waals surface area contributed by atoms with Crippen LogP contribution in [0.1, 0.15) is 62.9 Å². The zero-order chi connectivity index (χ0) is 48.1. The molecule has 9 rings (SSSR count). The quantitative estimate of drug-likeness (QED) is 0.235. The van der Waals surface area contributed by atoms with E-state index in [1.54, 1.807) is 30.3 Å². The molecule has 4 aromatic rings. The Hall–Kier alpha value is -4.86. The van der Waals surface area contributed by atoms with E-state index in [1.165, 1.54) is 20.9 Å². The predicted molar refractivity (Wildman–Crippen MR) is 252 cm³/mol. The number of ether oxygens (including phenoxy) is 3. The Labute approximate surface area is 399 Å². The first kappa shape index (κ1) is 48.2. The molecule has 0 saturated carbocycles. The number of carbonyl (C=O) groups excluding carboxylic acids is 3. The van der Waals surface area contributed by atoms with Gasteiger partial charge in [-0.3, -0.25) is 24.5 Å². The molecular formula is C48H63F3N10O6S. The number of likely N-dealkylation sites (N-methyl/N-ethyl adjacent to an activating group) is 1. The van der Waals surface area contributed by atoms with Crippen LogP contribution >= 0.6 is 11.3 Å². The maximum atomic E-state index is 15.0. The van der Waals surface area contributed by atoms with Crippen LogP contribution in [0.25, 0.3) is 33.4 Å². The zero-order valence-corrected chi connectivity index (χ0v) is 40.6. The molecule has 68 heavy (non-hydrogen) atoms. The number of methoxy groups -OCH3 is 1. The first-order valence-electron chi connectivity index (χ1n) is 23.7. The van der Waals surface area contributed by atoms with Crippen LogP contribution in [-0.4, -0.2) is 169 Å². The van der Waals surface area contributed by atoms with Crippen LogP contribution in [0.2, 0.25) is 0 Å². The van der Waals surface area contributed by atoms with E-state index in [0.29, 0.717) is 108 Å². The number of piperazine rings is 2. The molecule has 4 saturated heterocycles. The Morgan fingerprint density at radius 1 is 1.10 bits per heavy atom. The number of hydrogen-bond acceptors (Lipinski definition) is 13. The number of anilines is 1. The Kier molecular flexibility index (Phi) is 13.8. The predicted octanol–water partition coefficient (Wildman–Crippen LogP) is 5.50. The monoisotopic (exact) mass is 964 g/mol.